The van der Waals surface area contributed by atoms with Crippen molar-refractivity contribution < 1.29 is 4.48 Å². The molecular weight excluding hydrogens is 394 g/mol. The van der Waals surface area contributed by atoms with E-state index >= 15 is 0 Å². The molecule has 1 aromatic rings. The van der Waals surface area contributed by atoms with Crippen LogP contribution in [-0.2, 0) is 0 Å². The van der Waals surface area contributed by atoms with E-state index < -0.39 is 0 Å². The highest BCUT2D eigenvalue weighted by Gasteiger charge is 2.20. The average Bonchev–Trinajstić information content (AvgIpc) is 3.25. The van der Waals surface area contributed by atoms with Gasteiger partial charge in [-0.1, -0.05) is 30.3 Å². The minimum atomic E-state index is 0.0412. The van der Waals surface area contributed by atoms with Gasteiger partial charge in [0.1, 0.15) is 23.8 Å². The van der Waals surface area contributed by atoms with Crippen LogP contribution in [0.1, 0.15) is 46.1 Å². The summed E-state index contributed by atoms with van der Waals surface area (Å²) in [5, 5.41) is 35.8. The highest BCUT2D eigenvalue weighted by Crippen LogP contribution is 2.39. The van der Waals surface area contributed by atoms with Crippen molar-refractivity contribution in [1.82, 2.24) is 0 Å². The molecule has 5 heteroatoms. The third-order valence-electron chi connectivity index (χ3n) is 6.17. The Bertz CT molecular complexity index is 1010. The van der Waals surface area contributed by atoms with Crippen molar-refractivity contribution >= 4 is 11.4 Å². The summed E-state index contributed by atoms with van der Waals surface area (Å²) in [5.41, 5.74) is 3.65. The number of nitrogens with zero attached hydrogens (tertiary/aromatic N) is 5. The van der Waals surface area contributed by atoms with E-state index in [1.54, 1.807) is 12.2 Å². The first-order valence-corrected chi connectivity index (χ1v) is 11.0. The predicted molar refractivity (Wildman–Crippen MR) is 130 cm³/mol. The monoisotopic (exact) mass is 425 g/mol. The molecule has 0 radical (unpaired) electrons. The van der Waals surface area contributed by atoms with Gasteiger partial charge < -0.3 is 9.89 Å². The van der Waals surface area contributed by atoms with Gasteiger partial charge in [-0.05, 0) is 75.0 Å². The number of quaternary nitrogens is 1. The molecule has 0 fully saturated rings. The van der Waals surface area contributed by atoms with Crippen molar-refractivity contribution in [1.29, 1.82) is 15.8 Å². The predicted octanol–water partition coefficient (Wildman–Crippen LogP) is 5.71. The molecule has 0 aromatic heterocycles. The van der Waals surface area contributed by atoms with Crippen LogP contribution in [-0.4, -0.2) is 36.5 Å². The fraction of sp³-hybridized carbons (Fsp3) is 0.370. The smallest absolute Gasteiger partial charge is 0.129 e. The van der Waals surface area contributed by atoms with Crippen LogP contribution in [0.2, 0.25) is 0 Å². The van der Waals surface area contributed by atoms with E-state index in [-0.39, 0.29) is 11.1 Å². The standard InChI is InChI=1S/C19H11N4.C8H20N/c20-10-14(11-21)8-17-6-7-18(9-15(12-22)13-23)19(17)16-4-2-1-3-5-16;1-5-9(6-2,7-3)8-4/h1-5,8-9H,6-7H2;5-8H2,1-4H3/q-1;+1/b17-8+;. The quantitative estimate of drug-likeness (QED) is 0.318. The van der Waals surface area contributed by atoms with Gasteiger partial charge in [0, 0.05) is 0 Å². The van der Waals surface area contributed by atoms with Gasteiger partial charge in [-0.15, -0.1) is 0 Å². The highest BCUT2D eigenvalue weighted by molar-refractivity contribution is 5.87. The molecule has 0 unspecified atom stereocenters. The van der Waals surface area contributed by atoms with Gasteiger partial charge in [0.2, 0.25) is 0 Å². The number of hydrogen-bond donors (Lipinski definition) is 0. The van der Waals surface area contributed by atoms with E-state index in [1.807, 2.05) is 54.4 Å². The maximum Gasteiger partial charge on any atom is 0.129 e. The molecule has 0 bridgehead atoms. The highest BCUT2D eigenvalue weighted by atomic mass is 15.3. The maximum absolute atomic E-state index is 8.96. The molecule has 0 aliphatic heterocycles. The molecule has 32 heavy (non-hydrogen) atoms. The first kappa shape index (κ1) is 26.4. The zero-order valence-electron chi connectivity index (χ0n) is 19.5. The summed E-state index contributed by atoms with van der Waals surface area (Å²) in [6.07, 6.45) is 4.49. The molecule has 1 aliphatic rings. The SMILES string of the molecule is CC[N+](CC)(CC)CC.N#CC(=C=[N-])/C=C1\CCC(C=C(C#N)C#N)=C1c1ccccc1. The molecule has 0 heterocycles. The van der Waals surface area contributed by atoms with Crippen LogP contribution in [0.4, 0.5) is 0 Å². The Morgan fingerprint density at radius 1 is 0.906 bits per heavy atom. The first-order valence-electron chi connectivity index (χ1n) is 11.0. The van der Waals surface area contributed by atoms with Gasteiger partial charge in [-0.3, -0.25) is 5.87 Å². The zero-order chi connectivity index (χ0) is 24.0. The topological polar surface area (TPSA) is 93.7 Å². The van der Waals surface area contributed by atoms with Crippen molar-refractivity contribution in [3.8, 4) is 18.2 Å². The summed E-state index contributed by atoms with van der Waals surface area (Å²) in [6.45, 7) is 14.2. The Labute approximate surface area is 192 Å². The zero-order valence-corrected chi connectivity index (χ0v) is 19.5. The maximum atomic E-state index is 8.96. The van der Waals surface area contributed by atoms with E-state index in [0.717, 1.165) is 22.3 Å². The van der Waals surface area contributed by atoms with Crippen molar-refractivity contribution in [3.05, 3.63) is 75.7 Å². The Hall–Kier alpha value is -3.68. The van der Waals surface area contributed by atoms with Gasteiger partial charge in [0.15, 0.2) is 0 Å². The lowest BCUT2D eigenvalue weighted by Crippen LogP contribution is -2.47. The van der Waals surface area contributed by atoms with E-state index in [0.29, 0.717) is 12.8 Å². The largest absolute Gasteiger partial charge is 0.762 e. The summed E-state index contributed by atoms with van der Waals surface area (Å²) in [6, 6.07) is 15.1. The lowest BCUT2D eigenvalue weighted by molar-refractivity contribution is -0.921. The van der Waals surface area contributed by atoms with Crippen LogP contribution >= 0.6 is 0 Å². The minimum Gasteiger partial charge on any atom is -0.762 e. The molecule has 5 nitrogen and oxygen atoms in total. The number of hydrogen-bond acceptors (Lipinski definition) is 3. The van der Waals surface area contributed by atoms with Crippen molar-refractivity contribution in [2.45, 2.75) is 40.5 Å². The van der Waals surface area contributed by atoms with Gasteiger partial charge in [-0.25, -0.2) is 0 Å². The van der Waals surface area contributed by atoms with Gasteiger partial charge in [0.25, 0.3) is 0 Å². The number of nitriles is 3. The summed E-state index contributed by atoms with van der Waals surface area (Å²) < 4.78 is 1.28. The van der Waals surface area contributed by atoms with Crippen LogP contribution in [0.3, 0.4) is 0 Å². The first-order chi connectivity index (χ1) is 15.5. The second kappa shape index (κ2) is 13.6. The summed E-state index contributed by atoms with van der Waals surface area (Å²) in [5.74, 6) is 1.87. The number of rotatable bonds is 7. The third kappa shape index (κ3) is 6.94. The van der Waals surface area contributed by atoms with Crippen LogP contribution in [0.15, 0.2) is 64.8 Å². The summed E-state index contributed by atoms with van der Waals surface area (Å²) in [7, 11) is 0. The van der Waals surface area contributed by atoms with Crippen LogP contribution in [0.25, 0.3) is 11.0 Å². The van der Waals surface area contributed by atoms with E-state index in [4.69, 9.17) is 21.2 Å². The van der Waals surface area contributed by atoms with Gasteiger partial charge >= 0.3 is 0 Å². The molecule has 1 aromatic carbocycles. The lowest BCUT2D eigenvalue weighted by Gasteiger charge is -2.34. The molecule has 164 valence electrons. The van der Waals surface area contributed by atoms with Crippen molar-refractivity contribution in [2.24, 2.45) is 0 Å². The normalized spacial score (nSPS) is 13.7. The fourth-order valence-electron chi connectivity index (χ4n) is 3.86. The molecule has 0 saturated carbocycles. The van der Waals surface area contributed by atoms with E-state index in [1.165, 1.54) is 30.7 Å². The van der Waals surface area contributed by atoms with Crippen molar-refractivity contribution in [3.63, 3.8) is 0 Å². The van der Waals surface area contributed by atoms with E-state index in [9.17, 15) is 0 Å². The Kier molecular flexibility index (Phi) is 11.2. The molecule has 0 saturated heterocycles. The van der Waals surface area contributed by atoms with Gasteiger partial charge in [-0.2, -0.15) is 15.8 Å². The number of allylic oxidation sites excluding steroid dienone is 7. The molecular formula is C27H31N5. The average molecular weight is 426 g/mol. The summed E-state index contributed by atoms with van der Waals surface area (Å²) in [4.78, 5) is 0. The third-order valence-corrected chi connectivity index (χ3v) is 6.17. The minimum absolute atomic E-state index is 0.0412. The van der Waals surface area contributed by atoms with Crippen LogP contribution in [0, 0.1) is 34.0 Å². The van der Waals surface area contributed by atoms with E-state index in [2.05, 4.69) is 27.7 Å². The number of benzene rings is 1. The van der Waals surface area contributed by atoms with Crippen LogP contribution in [0.5, 0.6) is 0 Å². The molecule has 0 N–H and O–H groups in total. The Balaban J connectivity index is 0.000000482. The second-order valence-corrected chi connectivity index (χ2v) is 7.46. The van der Waals surface area contributed by atoms with Crippen LogP contribution < -0.4 is 0 Å². The molecule has 2 rings (SSSR count). The lowest BCUT2D eigenvalue weighted by atomic mass is 9.96. The molecule has 0 spiro atoms. The second-order valence-electron chi connectivity index (χ2n) is 7.46. The van der Waals surface area contributed by atoms with Crippen molar-refractivity contribution in [2.75, 3.05) is 26.2 Å². The summed E-state index contributed by atoms with van der Waals surface area (Å²) >= 11 is 0. The molecule has 0 amide bonds. The Morgan fingerprint density at radius 2 is 1.47 bits per heavy atom. The molecule has 0 atom stereocenters. The van der Waals surface area contributed by atoms with Gasteiger partial charge in [0.05, 0.1) is 31.8 Å². The fourth-order valence-corrected chi connectivity index (χ4v) is 3.86. The Morgan fingerprint density at radius 3 is 1.88 bits per heavy atom. The molecule has 1 aliphatic carbocycles.